The number of carbonyl (C=O) groups is 4. The van der Waals surface area contributed by atoms with Crippen molar-refractivity contribution in [3.63, 3.8) is 0 Å². The molecule has 2 heterocycles. The summed E-state index contributed by atoms with van der Waals surface area (Å²) < 4.78 is 5.03. The van der Waals surface area contributed by atoms with Gasteiger partial charge in [-0.25, -0.2) is 9.59 Å². The molecule has 1 fully saturated rings. The number of nitrogens with zero attached hydrogens (tertiary/aromatic N) is 1. The summed E-state index contributed by atoms with van der Waals surface area (Å²) >= 11 is 0. The number of aromatic amines is 1. The quantitative estimate of drug-likeness (QED) is 0.341. The Hall–Kier alpha value is -3.94. The van der Waals surface area contributed by atoms with E-state index in [1.54, 1.807) is 33.8 Å². The molecule has 1 aliphatic heterocycles. The fourth-order valence-corrected chi connectivity index (χ4v) is 4.48. The molecule has 1 atom stereocenters. The van der Waals surface area contributed by atoms with E-state index in [0.29, 0.717) is 16.8 Å². The van der Waals surface area contributed by atoms with Crippen LogP contribution in [0.15, 0.2) is 42.5 Å². The van der Waals surface area contributed by atoms with E-state index in [9.17, 15) is 19.2 Å². The number of H-pyrrole nitrogens is 1. The van der Waals surface area contributed by atoms with Gasteiger partial charge in [0.1, 0.15) is 11.2 Å². The van der Waals surface area contributed by atoms with Crippen LogP contribution in [0.4, 0.5) is 4.79 Å². The molecule has 2 aromatic carbocycles. The largest absolute Gasteiger partial charge is 0.461 e. The molecule has 1 aromatic heterocycles. The number of carbonyl (C=O) groups excluding carboxylic acids is 4. The SMILES string of the molecule is CCOC(=O)c1[nH]c(C)c(C(=O)CN2C(=O)NC(C)(c3cccc4ccccc34)C2=O)c1C. The van der Waals surface area contributed by atoms with E-state index in [2.05, 4.69) is 10.3 Å². The number of hydrogen-bond donors (Lipinski definition) is 2. The van der Waals surface area contributed by atoms with Crippen LogP contribution in [0.25, 0.3) is 10.8 Å². The van der Waals surface area contributed by atoms with Crippen LogP contribution in [0.1, 0.15) is 51.5 Å². The van der Waals surface area contributed by atoms with Crippen LogP contribution in [-0.4, -0.2) is 46.7 Å². The molecule has 8 heteroatoms. The maximum absolute atomic E-state index is 13.4. The molecule has 1 unspecified atom stereocenters. The molecule has 0 saturated carbocycles. The second kappa shape index (κ2) is 8.20. The maximum Gasteiger partial charge on any atom is 0.355 e. The van der Waals surface area contributed by atoms with E-state index in [1.165, 1.54) is 0 Å². The zero-order chi connectivity index (χ0) is 23.9. The average Bonchev–Trinajstić information content (AvgIpc) is 3.21. The summed E-state index contributed by atoms with van der Waals surface area (Å²) in [6.45, 7) is 6.40. The highest BCUT2D eigenvalue weighted by Gasteiger charge is 2.50. The average molecular weight is 447 g/mol. The molecule has 0 spiro atoms. The topological polar surface area (TPSA) is 109 Å². The summed E-state index contributed by atoms with van der Waals surface area (Å²) in [5.41, 5.74) is 0.723. The zero-order valence-corrected chi connectivity index (χ0v) is 18.9. The van der Waals surface area contributed by atoms with E-state index in [0.717, 1.165) is 15.7 Å². The summed E-state index contributed by atoms with van der Waals surface area (Å²) in [7, 11) is 0. The normalized spacial score (nSPS) is 18.0. The number of rotatable bonds is 6. The van der Waals surface area contributed by atoms with Crippen molar-refractivity contribution in [1.82, 2.24) is 15.2 Å². The van der Waals surface area contributed by atoms with E-state index in [4.69, 9.17) is 4.74 Å². The van der Waals surface area contributed by atoms with E-state index in [1.807, 2.05) is 36.4 Å². The Morgan fingerprint density at radius 3 is 2.48 bits per heavy atom. The molecule has 8 nitrogen and oxygen atoms in total. The van der Waals surface area contributed by atoms with Gasteiger partial charge < -0.3 is 15.0 Å². The lowest BCUT2D eigenvalue weighted by Gasteiger charge is -2.24. The first kappa shape index (κ1) is 22.3. The van der Waals surface area contributed by atoms with Crippen molar-refractivity contribution in [3.05, 3.63) is 70.5 Å². The monoisotopic (exact) mass is 447 g/mol. The van der Waals surface area contributed by atoms with Gasteiger partial charge in [0, 0.05) is 11.3 Å². The molecule has 1 aliphatic rings. The first-order valence-corrected chi connectivity index (χ1v) is 10.7. The fourth-order valence-electron chi connectivity index (χ4n) is 4.48. The van der Waals surface area contributed by atoms with Crippen LogP contribution < -0.4 is 5.32 Å². The van der Waals surface area contributed by atoms with Crippen LogP contribution in [0, 0.1) is 13.8 Å². The molecule has 33 heavy (non-hydrogen) atoms. The highest BCUT2D eigenvalue weighted by atomic mass is 16.5. The highest BCUT2D eigenvalue weighted by molar-refractivity contribution is 6.13. The molecule has 0 aliphatic carbocycles. The standard InChI is InChI=1S/C25H25N3O5/c1-5-33-22(30)21-14(2)20(15(3)26-21)19(29)13-28-23(31)25(4,27-24(28)32)18-12-8-10-16-9-6-7-11-17(16)18/h6-12,26H,5,13H2,1-4H3,(H,27,32). The van der Waals surface area contributed by atoms with Crippen LogP contribution in [0.2, 0.25) is 0 Å². The van der Waals surface area contributed by atoms with Gasteiger partial charge in [-0.15, -0.1) is 0 Å². The van der Waals surface area contributed by atoms with Gasteiger partial charge in [0.25, 0.3) is 5.91 Å². The molecular weight excluding hydrogens is 422 g/mol. The second-order valence-corrected chi connectivity index (χ2v) is 8.24. The van der Waals surface area contributed by atoms with Crippen molar-refractivity contribution in [2.45, 2.75) is 33.2 Å². The Morgan fingerprint density at radius 2 is 1.76 bits per heavy atom. The van der Waals surface area contributed by atoms with Crippen molar-refractivity contribution in [2.24, 2.45) is 0 Å². The van der Waals surface area contributed by atoms with Gasteiger partial charge >= 0.3 is 12.0 Å². The molecular formula is C25H25N3O5. The number of nitrogens with one attached hydrogen (secondary N) is 2. The number of urea groups is 1. The Kier molecular flexibility index (Phi) is 5.53. The van der Waals surface area contributed by atoms with Crippen LogP contribution in [-0.2, 0) is 15.1 Å². The van der Waals surface area contributed by atoms with E-state index < -0.39 is 35.8 Å². The third-order valence-electron chi connectivity index (χ3n) is 6.10. The Bertz CT molecular complexity index is 1300. The smallest absolute Gasteiger partial charge is 0.355 e. The maximum atomic E-state index is 13.4. The lowest BCUT2D eigenvalue weighted by Crippen LogP contribution is -2.41. The number of aryl methyl sites for hydroxylation is 1. The van der Waals surface area contributed by atoms with Crippen molar-refractivity contribution < 1.29 is 23.9 Å². The highest BCUT2D eigenvalue weighted by Crippen LogP contribution is 2.34. The first-order chi connectivity index (χ1) is 15.7. The third kappa shape index (κ3) is 3.57. The van der Waals surface area contributed by atoms with Crippen LogP contribution in [0.5, 0.6) is 0 Å². The number of Topliss-reactive ketones (excluding diaryl/α,β-unsaturated/α-hetero) is 1. The third-order valence-corrected chi connectivity index (χ3v) is 6.10. The van der Waals surface area contributed by atoms with E-state index >= 15 is 0 Å². The second-order valence-electron chi connectivity index (χ2n) is 8.24. The molecule has 2 N–H and O–H groups in total. The van der Waals surface area contributed by atoms with E-state index in [-0.39, 0.29) is 17.9 Å². The van der Waals surface area contributed by atoms with Gasteiger partial charge in [-0.2, -0.15) is 0 Å². The zero-order valence-electron chi connectivity index (χ0n) is 18.9. The van der Waals surface area contributed by atoms with Crippen molar-refractivity contribution in [3.8, 4) is 0 Å². The molecule has 1 saturated heterocycles. The van der Waals surface area contributed by atoms with Crippen LogP contribution >= 0.6 is 0 Å². The first-order valence-electron chi connectivity index (χ1n) is 10.7. The summed E-state index contributed by atoms with van der Waals surface area (Å²) in [5, 5.41) is 4.56. The summed E-state index contributed by atoms with van der Waals surface area (Å²) in [6, 6.07) is 12.5. The van der Waals surface area contributed by atoms with Gasteiger partial charge in [-0.1, -0.05) is 42.5 Å². The molecule has 3 aromatic rings. The number of amides is 3. The van der Waals surface area contributed by atoms with Crippen molar-refractivity contribution >= 4 is 34.5 Å². The number of aromatic nitrogens is 1. The Balaban J connectivity index is 1.64. The van der Waals surface area contributed by atoms with Gasteiger partial charge in [0.2, 0.25) is 0 Å². The van der Waals surface area contributed by atoms with Gasteiger partial charge in [-0.3, -0.25) is 14.5 Å². The van der Waals surface area contributed by atoms with Crippen molar-refractivity contribution in [2.75, 3.05) is 13.2 Å². The lowest BCUT2D eigenvalue weighted by molar-refractivity contribution is -0.130. The number of imide groups is 1. The lowest BCUT2D eigenvalue weighted by atomic mass is 9.87. The van der Waals surface area contributed by atoms with Gasteiger partial charge in [0.15, 0.2) is 5.78 Å². The Morgan fingerprint density at radius 1 is 1.06 bits per heavy atom. The number of benzene rings is 2. The van der Waals surface area contributed by atoms with Crippen molar-refractivity contribution in [1.29, 1.82) is 0 Å². The minimum absolute atomic E-state index is 0.190. The predicted octanol–water partition coefficient (Wildman–Crippen LogP) is 3.61. The predicted molar refractivity (Wildman–Crippen MR) is 122 cm³/mol. The number of hydrogen-bond acceptors (Lipinski definition) is 5. The number of fused-ring (bicyclic) bond motifs is 1. The summed E-state index contributed by atoms with van der Waals surface area (Å²) in [4.78, 5) is 55.3. The van der Waals surface area contributed by atoms with Gasteiger partial charge in [0.05, 0.1) is 13.2 Å². The number of ether oxygens (including phenoxy) is 1. The number of ketones is 1. The van der Waals surface area contributed by atoms with Gasteiger partial charge in [-0.05, 0) is 49.6 Å². The molecule has 3 amide bonds. The number of esters is 1. The Labute approximate surface area is 190 Å². The molecule has 0 bridgehead atoms. The minimum Gasteiger partial charge on any atom is -0.461 e. The van der Waals surface area contributed by atoms with Crippen LogP contribution in [0.3, 0.4) is 0 Å². The summed E-state index contributed by atoms with van der Waals surface area (Å²) in [5.74, 6) is -1.51. The minimum atomic E-state index is -1.31. The molecule has 4 rings (SSSR count). The molecule has 170 valence electrons. The summed E-state index contributed by atoms with van der Waals surface area (Å²) in [6.07, 6.45) is 0. The fraction of sp³-hybridized carbons (Fsp3) is 0.280. The molecule has 0 radical (unpaired) electrons.